The van der Waals surface area contributed by atoms with Crippen molar-refractivity contribution in [1.82, 2.24) is 10.3 Å². The summed E-state index contributed by atoms with van der Waals surface area (Å²) < 4.78 is 6.47. The van der Waals surface area contributed by atoms with Gasteiger partial charge in [0.15, 0.2) is 11.5 Å². The number of rotatable bonds is 4. The van der Waals surface area contributed by atoms with Crippen molar-refractivity contribution in [3.05, 3.63) is 58.4 Å². The second-order valence-corrected chi connectivity index (χ2v) is 7.55. The van der Waals surface area contributed by atoms with Gasteiger partial charge in [0.25, 0.3) is 0 Å². The lowest BCUT2D eigenvalue weighted by molar-refractivity contribution is -0.126. The molecule has 1 N–H and O–H groups in total. The Morgan fingerprint density at radius 3 is 2.85 bits per heavy atom. The second-order valence-electron chi connectivity index (χ2n) is 6.63. The average molecular weight is 428 g/mol. The van der Waals surface area contributed by atoms with E-state index in [1.807, 2.05) is 36.4 Å². The van der Waals surface area contributed by atoms with E-state index < -0.39 is 0 Å². The zero-order chi connectivity index (χ0) is 19.0. The maximum Gasteiger partial charge on any atom is 0.227 e. The Balaban J connectivity index is 1.42. The van der Waals surface area contributed by atoms with Crippen LogP contribution in [0.2, 0.25) is 0 Å². The van der Waals surface area contributed by atoms with Crippen LogP contribution in [0.1, 0.15) is 17.9 Å². The van der Waals surface area contributed by atoms with Gasteiger partial charge < -0.3 is 14.6 Å². The molecule has 0 aliphatic carbocycles. The van der Waals surface area contributed by atoms with Crippen molar-refractivity contribution in [3.8, 4) is 0 Å². The predicted molar refractivity (Wildman–Crippen MR) is 105 cm³/mol. The summed E-state index contributed by atoms with van der Waals surface area (Å²) in [6.45, 7) is 2.60. The molecule has 0 bridgehead atoms. The summed E-state index contributed by atoms with van der Waals surface area (Å²) in [5, 5.41) is 2.93. The number of carbonyl (C=O) groups excluding carboxylic acids is 2. The van der Waals surface area contributed by atoms with Crippen molar-refractivity contribution < 1.29 is 14.0 Å². The first-order valence-corrected chi connectivity index (χ1v) is 9.48. The molecule has 2 heterocycles. The number of anilines is 1. The van der Waals surface area contributed by atoms with Crippen molar-refractivity contribution in [2.45, 2.75) is 19.9 Å². The SMILES string of the molecule is Cc1nc2cc(N3CC(C(=O)NCc4ccc(Br)cc4)CC3=O)ccc2o1. The highest BCUT2D eigenvalue weighted by Gasteiger charge is 2.35. The van der Waals surface area contributed by atoms with E-state index >= 15 is 0 Å². The molecule has 7 heteroatoms. The molecule has 3 aromatic rings. The number of hydrogen-bond acceptors (Lipinski definition) is 4. The molecule has 6 nitrogen and oxygen atoms in total. The highest BCUT2D eigenvalue weighted by molar-refractivity contribution is 9.10. The molecule has 1 atom stereocenters. The number of nitrogens with zero attached hydrogens (tertiary/aromatic N) is 2. The zero-order valence-electron chi connectivity index (χ0n) is 14.7. The van der Waals surface area contributed by atoms with Gasteiger partial charge in [-0.3, -0.25) is 9.59 Å². The third-order valence-corrected chi connectivity index (χ3v) is 5.19. The van der Waals surface area contributed by atoms with Gasteiger partial charge in [0.1, 0.15) is 5.52 Å². The van der Waals surface area contributed by atoms with Crippen molar-refractivity contribution >= 4 is 44.5 Å². The van der Waals surface area contributed by atoms with Crippen LogP contribution in [-0.2, 0) is 16.1 Å². The van der Waals surface area contributed by atoms with Crippen LogP contribution < -0.4 is 10.2 Å². The Labute approximate surface area is 164 Å². The number of carbonyl (C=O) groups is 2. The van der Waals surface area contributed by atoms with Gasteiger partial charge in [-0.05, 0) is 35.9 Å². The summed E-state index contributed by atoms with van der Waals surface area (Å²) in [7, 11) is 0. The fourth-order valence-corrected chi connectivity index (χ4v) is 3.53. The lowest BCUT2D eigenvalue weighted by atomic mass is 10.1. The van der Waals surface area contributed by atoms with Crippen molar-refractivity contribution in [2.24, 2.45) is 5.92 Å². The molecular formula is C20H18BrN3O3. The number of benzene rings is 2. The summed E-state index contributed by atoms with van der Waals surface area (Å²) in [5.74, 6) is 0.0632. The molecule has 1 aliphatic rings. The second kappa shape index (κ2) is 7.15. The summed E-state index contributed by atoms with van der Waals surface area (Å²) in [6, 6.07) is 13.2. The van der Waals surface area contributed by atoms with Crippen LogP contribution in [0, 0.1) is 12.8 Å². The molecular weight excluding hydrogens is 410 g/mol. The van der Waals surface area contributed by atoms with E-state index in [1.165, 1.54) is 0 Å². The van der Waals surface area contributed by atoms with Crippen molar-refractivity contribution in [2.75, 3.05) is 11.4 Å². The van der Waals surface area contributed by atoms with Crippen LogP contribution in [0.4, 0.5) is 5.69 Å². The van der Waals surface area contributed by atoms with E-state index in [4.69, 9.17) is 4.42 Å². The molecule has 2 aromatic carbocycles. The molecule has 0 radical (unpaired) electrons. The molecule has 1 fully saturated rings. The van der Waals surface area contributed by atoms with Crippen LogP contribution >= 0.6 is 15.9 Å². The maximum absolute atomic E-state index is 12.5. The first kappa shape index (κ1) is 17.7. The van der Waals surface area contributed by atoms with E-state index in [9.17, 15) is 9.59 Å². The fraction of sp³-hybridized carbons (Fsp3) is 0.250. The van der Waals surface area contributed by atoms with Crippen LogP contribution in [0.3, 0.4) is 0 Å². The molecule has 1 aromatic heterocycles. The van der Waals surface area contributed by atoms with Gasteiger partial charge in [-0.15, -0.1) is 0 Å². The predicted octanol–water partition coefficient (Wildman–Crippen LogP) is 3.57. The Morgan fingerprint density at radius 2 is 2.07 bits per heavy atom. The van der Waals surface area contributed by atoms with Gasteiger partial charge >= 0.3 is 0 Å². The number of nitrogens with one attached hydrogen (secondary N) is 1. The molecule has 2 amide bonds. The Morgan fingerprint density at radius 1 is 1.30 bits per heavy atom. The van der Waals surface area contributed by atoms with E-state index in [2.05, 4.69) is 26.2 Å². The number of oxazole rings is 1. The minimum absolute atomic E-state index is 0.0571. The van der Waals surface area contributed by atoms with Gasteiger partial charge in [-0.25, -0.2) is 4.98 Å². The van der Waals surface area contributed by atoms with Crippen LogP contribution in [0.5, 0.6) is 0 Å². The lowest BCUT2D eigenvalue weighted by Gasteiger charge is -2.16. The highest BCUT2D eigenvalue weighted by Crippen LogP contribution is 2.28. The highest BCUT2D eigenvalue weighted by atomic mass is 79.9. The molecule has 1 saturated heterocycles. The normalized spacial score (nSPS) is 16.9. The number of aromatic nitrogens is 1. The Kier molecular flexibility index (Phi) is 4.70. The molecule has 4 rings (SSSR count). The van der Waals surface area contributed by atoms with E-state index in [-0.39, 0.29) is 24.2 Å². The summed E-state index contributed by atoms with van der Waals surface area (Å²) in [6.07, 6.45) is 0.210. The Hall–Kier alpha value is -2.67. The van der Waals surface area contributed by atoms with Gasteiger partial charge in [0.05, 0.1) is 5.92 Å². The number of hydrogen-bond donors (Lipinski definition) is 1. The fourth-order valence-electron chi connectivity index (χ4n) is 3.27. The minimum Gasteiger partial charge on any atom is -0.441 e. The smallest absolute Gasteiger partial charge is 0.227 e. The third-order valence-electron chi connectivity index (χ3n) is 4.67. The number of halogens is 1. The maximum atomic E-state index is 12.5. The van der Waals surface area contributed by atoms with Crippen LogP contribution in [0.25, 0.3) is 11.1 Å². The Bertz CT molecular complexity index is 1010. The first-order chi connectivity index (χ1) is 13.0. The lowest BCUT2D eigenvalue weighted by Crippen LogP contribution is -2.32. The largest absolute Gasteiger partial charge is 0.441 e. The van der Waals surface area contributed by atoms with Gasteiger partial charge in [0.2, 0.25) is 11.8 Å². The quantitative estimate of drug-likeness (QED) is 0.690. The van der Waals surface area contributed by atoms with Crippen molar-refractivity contribution in [1.29, 1.82) is 0 Å². The van der Waals surface area contributed by atoms with Crippen LogP contribution in [-0.4, -0.2) is 23.3 Å². The first-order valence-electron chi connectivity index (χ1n) is 8.69. The van der Waals surface area contributed by atoms with Crippen molar-refractivity contribution in [3.63, 3.8) is 0 Å². The molecule has 27 heavy (non-hydrogen) atoms. The summed E-state index contributed by atoms with van der Waals surface area (Å²) >= 11 is 3.39. The summed E-state index contributed by atoms with van der Waals surface area (Å²) in [4.78, 5) is 30.9. The molecule has 138 valence electrons. The molecule has 1 unspecified atom stereocenters. The van der Waals surface area contributed by atoms with Gasteiger partial charge in [-0.2, -0.15) is 0 Å². The molecule has 1 aliphatic heterocycles. The van der Waals surface area contributed by atoms with E-state index in [0.29, 0.717) is 30.1 Å². The monoisotopic (exact) mass is 427 g/mol. The molecule has 0 saturated carbocycles. The zero-order valence-corrected chi connectivity index (χ0v) is 16.3. The minimum atomic E-state index is -0.359. The topological polar surface area (TPSA) is 75.4 Å². The number of fused-ring (bicyclic) bond motifs is 1. The summed E-state index contributed by atoms with van der Waals surface area (Å²) in [5.41, 5.74) is 3.15. The van der Waals surface area contributed by atoms with Crippen LogP contribution in [0.15, 0.2) is 51.4 Å². The van der Waals surface area contributed by atoms with Gasteiger partial charge in [0, 0.05) is 36.6 Å². The number of amides is 2. The van der Waals surface area contributed by atoms with E-state index in [1.54, 1.807) is 17.9 Å². The standard InChI is InChI=1S/C20H18BrN3O3/c1-12-23-17-9-16(6-7-18(17)27-12)24-11-14(8-19(24)25)20(26)22-10-13-2-4-15(21)5-3-13/h2-7,9,14H,8,10-11H2,1H3,(H,22,26). The molecule has 0 spiro atoms. The third kappa shape index (κ3) is 3.73. The van der Waals surface area contributed by atoms with E-state index in [0.717, 1.165) is 15.7 Å². The number of aryl methyl sites for hydroxylation is 1. The van der Waals surface area contributed by atoms with Gasteiger partial charge in [-0.1, -0.05) is 28.1 Å². The average Bonchev–Trinajstić information content (AvgIpc) is 3.22.